The number of piperazine rings is 1. The van der Waals surface area contributed by atoms with Gasteiger partial charge in [0, 0.05) is 12.0 Å². The Hall–Kier alpha value is -1.88. The van der Waals surface area contributed by atoms with Gasteiger partial charge in [-0.3, -0.25) is 9.59 Å². The molecule has 0 atom stereocenters. The highest BCUT2D eigenvalue weighted by molar-refractivity contribution is 5.85. The Labute approximate surface area is 186 Å². The Morgan fingerprint density at radius 2 is 1.71 bits per heavy atom. The van der Waals surface area contributed by atoms with E-state index in [1.54, 1.807) is 0 Å². The molecule has 0 aromatic heterocycles. The van der Waals surface area contributed by atoms with Gasteiger partial charge in [0.25, 0.3) is 0 Å². The summed E-state index contributed by atoms with van der Waals surface area (Å²) in [6.45, 7) is 6.83. The van der Waals surface area contributed by atoms with Gasteiger partial charge in [-0.05, 0) is 68.6 Å². The van der Waals surface area contributed by atoms with Gasteiger partial charge < -0.3 is 15.1 Å². The van der Waals surface area contributed by atoms with Gasteiger partial charge in [0.1, 0.15) is 6.54 Å². The minimum absolute atomic E-state index is 0.0773. The minimum atomic E-state index is 0.0773. The van der Waals surface area contributed by atoms with Gasteiger partial charge in [-0.2, -0.15) is 0 Å². The Morgan fingerprint density at radius 3 is 2.32 bits per heavy atom. The third-order valence-electron chi connectivity index (χ3n) is 8.50. The van der Waals surface area contributed by atoms with Gasteiger partial charge in [0.2, 0.25) is 11.8 Å². The van der Waals surface area contributed by atoms with Crippen LogP contribution < -0.4 is 10.2 Å². The molecule has 5 fully saturated rings. The number of carbonyl (C=O) groups excluding carboxylic acids is 2. The van der Waals surface area contributed by atoms with Gasteiger partial charge in [-0.15, -0.1) is 0 Å². The SMILES string of the molecule is Cc1cccc(C[NH+]2CCN(C(=O)CNC(=O)CC34CC5CC(CC(C5)C3)C4)CC2)c1. The first kappa shape index (κ1) is 21.0. The quantitative estimate of drug-likeness (QED) is 0.733. The lowest BCUT2D eigenvalue weighted by molar-refractivity contribution is -0.917. The van der Waals surface area contributed by atoms with Crippen molar-refractivity contribution in [3.05, 3.63) is 35.4 Å². The lowest BCUT2D eigenvalue weighted by Crippen LogP contribution is -3.13. The highest BCUT2D eigenvalue weighted by atomic mass is 16.2. The van der Waals surface area contributed by atoms with Crippen LogP contribution in [-0.2, 0) is 16.1 Å². The Kier molecular flexibility index (Phi) is 5.80. The second kappa shape index (κ2) is 8.57. The molecular formula is C26H38N3O2+. The first-order valence-electron chi connectivity index (χ1n) is 12.4. The van der Waals surface area contributed by atoms with Crippen LogP contribution in [0.4, 0.5) is 0 Å². The topological polar surface area (TPSA) is 53.9 Å². The highest BCUT2D eigenvalue weighted by Crippen LogP contribution is 2.61. The summed E-state index contributed by atoms with van der Waals surface area (Å²) in [5, 5.41) is 2.98. The second-order valence-corrected chi connectivity index (χ2v) is 11.2. The number of carbonyl (C=O) groups is 2. The average Bonchev–Trinajstić information content (AvgIpc) is 2.71. The number of nitrogens with zero attached hydrogens (tertiary/aromatic N) is 1. The van der Waals surface area contributed by atoms with E-state index < -0.39 is 0 Å². The van der Waals surface area contributed by atoms with Gasteiger partial charge in [-0.25, -0.2) is 0 Å². The highest BCUT2D eigenvalue weighted by Gasteiger charge is 2.51. The molecule has 1 aromatic carbocycles. The fourth-order valence-corrected chi connectivity index (χ4v) is 7.56. The molecule has 2 amide bonds. The van der Waals surface area contributed by atoms with Crippen LogP contribution in [0.25, 0.3) is 0 Å². The van der Waals surface area contributed by atoms with E-state index in [0.717, 1.165) is 50.5 Å². The van der Waals surface area contributed by atoms with Crippen LogP contribution in [0.3, 0.4) is 0 Å². The summed E-state index contributed by atoms with van der Waals surface area (Å²) in [5.74, 6) is 2.75. The summed E-state index contributed by atoms with van der Waals surface area (Å²) < 4.78 is 0. The maximum absolute atomic E-state index is 12.7. The fraction of sp³-hybridized carbons (Fsp3) is 0.692. The van der Waals surface area contributed by atoms with E-state index >= 15 is 0 Å². The van der Waals surface area contributed by atoms with E-state index in [-0.39, 0.29) is 23.8 Å². The third kappa shape index (κ3) is 4.82. The van der Waals surface area contributed by atoms with E-state index in [0.29, 0.717) is 6.42 Å². The van der Waals surface area contributed by atoms with Crippen molar-refractivity contribution >= 4 is 11.8 Å². The monoisotopic (exact) mass is 424 g/mol. The number of hydrogen-bond donors (Lipinski definition) is 2. The smallest absolute Gasteiger partial charge is 0.242 e. The van der Waals surface area contributed by atoms with E-state index in [1.807, 2.05) is 4.90 Å². The van der Waals surface area contributed by atoms with Crippen molar-refractivity contribution in [2.45, 2.75) is 58.4 Å². The van der Waals surface area contributed by atoms with Crippen LogP contribution in [0.15, 0.2) is 24.3 Å². The molecule has 168 valence electrons. The molecule has 5 heteroatoms. The van der Waals surface area contributed by atoms with Gasteiger partial charge in [-0.1, -0.05) is 29.8 Å². The van der Waals surface area contributed by atoms with Crippen molar-refractivity contribution in [3.63, 3.8) is 0 Å². The number of hydrogen-bond acceptors (Lipinski definition) is 2. The molecule has 4 aliphatic carbocycles. The van der Waals surface area contributed by atoms with Crippen molar-refractivity contribution in [1.82, 2.24) is 10.2 Å². The number of benzene rings is 1. The number of quaternary nitrogens is 1. The Balaban J connectivity index is 1.05. The van der Waals surface area contributed by atoms with Gasteiger partial charge in [0.05, 0.1) is 32.7 Å². The van der Waals surface area contributed by atoms with E-state index in [1.165, 1.54) is 54.6 Å². The minimum Gasteiger partial charge on any atom is -0.347 e. The normalized spacial score (nSPS) is 32.3. The predicted octanol–water partition coefficient (Wildman–Crippen LogP) is 1.94. The zero-order valence-electron chi connectivity index (χ0n) is 19.0. The first-order valence-corrected chi connectivity index (χ1v) is 12.4. The zero-order valence-corrected chi connectivity index (χ0v) is 19.0. The maximum Gasteiger partial charge on any atom is 0.242 e. The van der Waals surface area contributed by atoms with Crippen LogP contribution in [0.2, 0.25) is 0 Å². The molecule has 1 aliphatic heterocycles. The molecule has 5 nitrogen and oxygen atoms in total. The van der Waals surface area contributed by atoms with Gasteiger partial charge >= 0.3 is 0 Å². The summed E-state index contributed by atoms with van der Waals surface area (Å²) in [6, 6.07) is 8.70. The summed E-state index contributed by atoms with van der Waals surface area (Å²) in [6.07, 6.45) is 8.56. The van der Waals surface area contributed by atoms with E-state index in [2.05, 4.69) is 36.5 Å². The largest absolute Gasteiger partial charge is 0.347 e. The van der Waals surface area contributed by atoms with Crippen LogP contribution in [0, 0.1) is 30.1 Å². The lowest BCUT2D eigenvalue weighted by atomic mass is 9.49. The molecule has 0 radical (unpaired) electrons. The van der Waals surface area contributed by atoms with Crippen LogP contribution in [0.1, 0.15) is 56.1 Å². The maximum atomic E-state index is 12.7. The van der Waals surface area contributed by atoms with Crippen molar-refractivity contribution < 1.29 is 14.5 Å². The van der Waals surface area contributed by atoms with E-state index in [4.69, 9.17) is 0 Å². The molecule has 4 bridgehead atoms. The van der Waals surface area contributed by atoms with Crippen molar-refractivity contribution in [3.8, 4) is 0 Å². The van der Waals surface area contributed by atoms with Crippen LogP contribution in [0.5, 0.6) is 0 Å². The van der Waals surface area contributed by atoms with Crippen molar-refractivity contribution in [2.75, 3.05) is 32.7 Å². The second-order valence-electron chi connectivity index (χ2n) is 11.2. The number of nitrogens with one attached hydrogen (secondary N) is 2. The Bertz CT molecular complexity index is 792. The Morgan fingerprint density at radius 1 is 1.06 bits per heavy atom. The summed E-state index contributed by atoms with van der Waals surface area (Å²) in [5.41, 5.74) is 2.91. The summed E-state index contributed by atoms with van der Waals surface area (Å²) in [7, 11) is 0. The number of rotatable bonds is 6. The molecule has 1 saturated heterocycles. The number of amides is 2. The molecule has 0 spiro atoms. The standard InChI is InChI=1S/C26H37N3O2/c1-19-3-2-4-20(9-19)18-28-5-7-29(8-6-28)25(31)17-27-24(30)16-26-13-21-10-22(14-26)12-23(11-21)15-26/h2-4,9,21-23H,5-8,10-18H2,1H3,(H,27,30)/p+1. The molecule has 2 N–H and O–H groups in total. The first-order chi connectivity index (χ1) is 15.0. The van der Waals surface area contributed by atoms with E-state index in [9.17, 15) is 9.59 Å². The van der Waals surface area contributed by atoms with Gasteiger partial charge in [0.15, 0.2) is 0 Å². The molecular weight excluding hydrogens is 386 g/mol. The molecule has 1 heterocycles. The average molecular weight is 425 g/mol. The lowest BCUT2D eigenvalue weighted by Gasteiger charge is -2.56. The molecule has 0 unspecified atom stereocenters. The van der Waals surface area contributed by atoms with Crippen LogP contribution in [-0.4, -0.2) is 49.4 Å². The molecule has 31 heavy (non-hydrogen) atoms. The molecule has 1 aromatic rings. The zero-order chi connectivity index (χ0) is 21.4. The van der Waals surface area contributed by atoms with Crippen molar-refractivity contribution in [2.24, 2.45) is 23.2 Å². The summed E-state index contributed by atoms with van der Waals surface area (Å²) in [4.78, 5) is 28.9. The van der Waals surface area contributed by atoms with Crippen molar-refractivity contribution in [1.29, 1.82) is 0 Å². The molecule has 4 saturated carbocycles. The fourth-order valence-electron chi connectivity index (χ4n) is 7.56. The third-order valence-corrected chi connectivity index (χ3v) is 8.50. The number of aryl methyl sites for hydroxylation is 1. The summed E-state index contributed by atoms with van der Waals surface area (Å²) >= 11 is 0. The molecule has 6 rings (SSSR count). The molecule has 5 aliphatic rings. The predicted molar refractivity (Wildman–Crippen MR) is 120 cm³/mol. The van der Waals surface area contributed by atoms with Crippen LogP contribution >= 0.6 is 0 Å².